The van der Waals surface area contributed by atoms with E-state index in [1.165, 1.54) is 0 Å². The lowest BCUT2D eigenvalue weighted by Crippen LogP contribution is -2.03. The maximum absolute atomic E-state index is 11.7. The highest BCUT2D eigenvalue weighted by atomic mass is 79.9. The fourth-order valence-corrected chi connectivity index (χ4v) is 2.10. The van der Waals surface area contributed by atoms with Crippen molar-refractivity contribution in [2.75, 3.05) is 6.61 Å². The highest BCUT2D eigenvalue weighted by Gasteiger charge is 2.14. The molecule has 1 aromatic heterocycles. The molecule has 1 aromatic carbocycles. The predicted molar refractivity (Wildman–Crippen MR) is 66.6 cm³/mol. The Labute approximate surface area is 102 Å². The number of carbonyl (C=O) groups is 1. The first-order chi connectivity index (χ1) is 7.63. The van der Waals surface area contributed by atoms with Gasteiger partial charge in [-0.1, -0.05) is 15.9 Å². The van der Waals surface area contributed by atoms with Gasteiger partial charge >= 0.3 is 5.97 Å². The average Bonchev–Trinajstić information content (AvgIpc) is 2.56. The summed E-state index contributed by atoms with van der Waals surface area (Å²) in [5.74, 6) is -0.272. The Morgan fingerprint density at radius 3 is 2.94 bits per heavy atom. The van der Waals surface area contributed by atoms with E-state index in [0.717, 1.165) is 15.4 Å². The Balaban J connectivity index is 2.61. The van der Waals surface area contributed by atoms with Gasteiger partial charge in [0.25, 0.3) is 0 Å². The predicted octanol–water partition coefficient (Wildman–Crippen LogP) is 3.12. The van der Waals surface area contributed by atoms with Crippen molar-refractivity contribution >= 4 is 32.8 Å². The van der Waals surface area contributed by atoms with Crippen LogP contribution in [0.4, 0.5) is 0 Å². The molecule has 84 valence electrons. The highest BCUT2D eigenvalue weighted by Crippen LogP contribution is 2.25. The number of carbonyl (C=O) groups excluding carboxylic acids is 1. The molecule has 2 aromatic rings. The molecule has 0 radical (unpaired) electrons. The largest absolute Gasteiger partial charge is 0.462 e. The summed E-state index contributed by atoms with van der Waals surface area (Å²) in [5, 5.41) is 0.912. The molecule has 4 heteroatoms. The first kappa shape index (κ1) is 11.2. The van der Waals surface area contributed by atoms with E-state index in [9.17, 15) is 4.79 Å². The van der Waals surface area contributed by atoms with Crippen LogP contribution in [0.5, 0.6) is 0 Å². The van der Waals surface area contributed by atoms with Gasteiger partial charge in [0.05, 0.1) is 12.2 Å². The fraction of sp³-hybridized carbons (Fsp3) is 0.250. The fourth-order valence-electron chi connectivity index (χ4n) is 1.74. The van der Waals surface area contributed by atoms with Crippen LogP contribution in [0.25, 0.3) is 10.9 Å². The van der Waals surface area contributed by atoms with Gasteiger partial charge in [0.15, 0.2) is 0 Å². The first-order valence-corrected chi connectivity index (χ1v) is 5.84. The van der Waals surface area contributed by atoms with Crippen molar-refractivity contribution in [3.8, 4) is 0 Å². The number of rotatable bonds is 2. The van der Waals surface area contributed by atoms with E-state index in [0.29, 0.717) is 12.2 Å². The Morgan fingerprint density at radius 2 is 2.25 bits per heavy atom. The molecule has 0 saturated carbocycles. The van der Waals surface area contributed by atoms with E-state index in [2.05, 4.69) is 15.9 Å². The second-order valence-corrected chi connectivity index (χ2v) is 4.45. The van der Waals surface area contributed by atoms with Crippen molar-refractivity contribution in [1.29, 1.82) is 0 Å². The molecule has 0 aliphatic rings. The second kappa shape index (κ2) is 4.29. The number of fused-ring (bicyclic) bond motifs is 1. The van der Waals surface area contributed by atoms with Crippen LogP contribution in [0, 0.1) is 0 Å². The summed E-state index contributed by atoms with van der Waals surface area (Å²) in [5.41, 5.74) is 1.63. The Kier molecular flexibility index (Phi) is 3.01. The average molecular weight is 282 g/mol. The van der Waals surface area contributed by atoms with Crippen molar-refractivity contribution < 1.29 is 9.53 Å². The Morgan fingerprint density at radius 1 is 1.50 bits per heavy atom. The summed E-state index contributed by atoms with van der Waals surface area (Å²) in [6.45, 7) is 2.20. The van der Waals surface area contributed by atoms with Gasteiger partial charge in [0.1, 0.15) is 0 Å². The van der Waals surface area contributed by atoms with Gasteiger partial charge in [-0.25, -0.2) is 4.79 Å². The van der Waals surface area contributed by atoms with Crippen LogP contribution in [-0.2, 0) is 11.8 Å². The summed E-state index contributed by atoms with van der Waals surface area (Å²) >= 11 is 3.40. The standard InChI is InChI=1S/C12H12BrNO2/c1-3-16-12(15)10-7-14(2)11-5-4-8(13)6-9(10)11/h4-7H,3H2,1-2H3. The van der Waals surface area contributed by atoms with Crippen LogP contribution in [0.15, 0.2) is 28.9 Å². The molecule has 1 heterocycles. The third kappa shape index (κ3) is 1.85. The van der Waals surface area contributed by atoms with Crippen molar-refractivity contribution in [2.24, 2.45) is 7.05 Å². The quantitative estimate of drug-likeness (QED) is 0.792. The molecule has 0 aliphatic carbocycles. The molecule has 0 atom stereocenters. The van der Waals surface area contributed by atoms with Gasteiger partial charge in [-0.3, -0.25) is 0 Å². The van der Waals surface area contributed by atoms with Crippen LogP contribution in [0.3, 0.4) is 0 Å². The minimum atomic E-state index is -0.272. The number of ether oxygens (including phenoxy) is 1. The molecule has 2 rings (SSSR count). The van der Waals surface area contributed by atoms with E-state index in [1.54, 1.807) is 13.1 Å². The molecular weight excluding hydrogens is 270 g/mol. The topological polar surface area (TPSA) is 31.2 Å². The molecule has 0 aliphatic heterocycles. The first-order valence-electron chi connectivity index (χ1n) is 5.05. The zero-order valence-electron chi connectivity index (χ0n) is 9.16. The van der Waals surface area contributed by atoms with Crippen LogP contribution in [0.1, 0.15) is 17.3 Å². The van der Waals surface area contributed by atoms with E-state index in [1.807, 2.05) is 29.8 Å². The molecular formula is C12H12BrNO2. The van der Waals surface area contributed by atoms with Crippen LogP contribution < -0.4 is 0 Å². The zero-order chi connectivity index (χ0) is 11.7. The number of aromatic nitrogens is 1. The van der Waals surface area contributed by atoms with E-state index in [-0.39, 0.29) is 5.97 Å². The van der Waals surface area contributed by atoms with Gasteiger partial charge in [-0.2, -0.15) is 0 Å². The number of aryl methyl sites for hydroxylation is 1. The summed E-state index contributed by atoms with van der Waals surface area (Å²) in [6, 6.07) is 5.86. The van der Waals surface area contributed by atoms with E-state index >= 15 is 0 Å². The number of halogens is 1. The maximum Gasteiger partial charge on any atom is 0.340 e. The SMILES string of the molecule is CCOC(=O)c1cn(C)c2ccc(Br)cc12. The minimum absolute atomic E-state index is 0.272. The molecule has 0 fully saturated rings. The van der Waals surface area contributed by atoms with Crippen LogP contribution >= 0.6 is 15.9 Å². The van der Waals surface area contributed by atoms with Crippen molar-refractivity contribution in [3.05, 3.63) is 34.4 Å². The summed E-state index contributed by atoms with van der Waals surface area (Å²) in [4.78, 5) is 11.7. The molecule has 0 saturated heterocycles. The van der Waals surface area contributed by atoms with Crippen LogP contribution in [0.2, 0.25) is 0 Å². The summed E-state index contributed by atoms with van der Waals surface area (Å²) < 4.78 is 7.90. The third-order valence-corrected chi connectivity index (χ3v) is 2.94. The lowest BCUT2D eigenvalue weighted by molar-refractivity contribution is 0.0528. The zero-order valence-corrected chi connectivity index (χ0v) is 10.7. The normalized spacial score (nSPS) is 10.7. The number of nitrogens with zero attached hydrogens (tertiary/aromatic N) is 1. The molecule has 3 nitrogen and oxygen atoms in total. The van der Waals surface area contributed by atoms with Gasteiger partial charge in [-0.05, 0) is 25.1 Å². The van der Waals surface area contributed by atoms with Gasteiger partial charge < -0.3 is 9.30 Å². The van der Waals surface area contributed by atoms with Gasteiger partial charge in [0, 0.05) is 28.6 Å². The second-order valence-electron chi connectivity index (χ2n) is 3.54. The van der Waals surface area contributed by atoms with Gasteiger partial charge in [0.2, 0.25) is 0 Å². The van der Waals surface area contributed by atoms with E-state index in [4.69, 9.17) is 4.74 Å². The molecule has 0 spiro atoms. The maximum atomic E-state index is 11.7. The molecule has 0 N–H and O–H groups in total. The lowest BCUT2D eigenvalue weighted by Gasteiger charge is -1.99. The molecule has 16 heavy (non-hydrogen) atoms. The summed E-state index contributed by atoms with van der Waals surface area (Å²) in [7, 11) is 1.92. The molecule has 0 amide bonds. The summed E-state index contributed by atoms with van der Waals surface area (Å²) in [6.07, 6.45) is 1.80. The third-order valence-electron chi connectivity index (χ3n) is 2.45. The highest BCUT2D eigenvalue weighted by molar-refractivity contribution is 9.10. The van der Waals surface area contributed by atoms with E-state index < -0.39 is 0 Å². The Hall–Kier alpha value is -1.29. The van der Waals surface area contributed by atoms with Crippen molar-refractivity contribution in [3.63, 3.8) is 0 Å². The van der Waals surface area contributed by atoms with Crippen molar-refractivity contribution in [2.45, 2.75) is 6.92 Å². The molecule has 0 bridgehead atoms. The van der Waals surface area contributed by atoms with Crippen molar-refractivity contribution in [1.82, 2.24) is 4.57 Å². The number of benzene rings is 1. The van der Waals surface area contributed by atoms with Crippen LogP contribution in [-0.4, -0.2) is 17.1 Å². The molecule has 0 unspecified atom stereocenters. The lowest BCUT2D eigenvalue weighted by atomic mass is 10.2. The number of hydrogen-bond acceptors (Lipinski definition) is 2. The smallest absolute Gasteiger partial charge is 0.340 e. The Bertz CT molecular complexity index is 545. The van der Waals surface area contributed by atoms with Gasteiger partial charge in [-0.15, -0.1) is 0 Å². The monoisotopic (exact) mass is 281 g/mol. The number of esters is 1. The number of hydrogen-bond donors (Lipinski definition) is 0. The minimum Gasteiger partial charge on any atom is -0.462 e.